The van der Waals surface area contributed by atoms with Crippen molar-refractivity contribution in [1.29, 1.82) is 0 Å². The number of ether oxygens (including phenoxy) is 2. The maximum absolute atomic E-state index is 13.4. The van der Waals surface area contributed by atoms with Crippen LogP contribution in [0.3, 0.4) is 0 Å². The van der Waals surface area contributed by atoms with Crippen LogP contribution in [0.1, 0.15) is 17.2 Å². The normalized spacial score (nSPS) is 24.4. The second kappa shape index (κ2) is 6.11. The first-order valence-corrected chi connectivity index (χ1v) is 8.19. The van der Waals surface area contributed by atoms with E-state index in [1.165, 1.54) is 12.2 Å². The molecule has 0 aromatic heterocycles. The number of carbonyl (C=O) groups is 1. The van der Waals surface area contributed by atoms with E-state index in [4.69, 9.17) is 26.5 Å². The summed E-state index contributed by atoms with van der Waals surface area (Å²) in [5, 5.41) is 4.52. The Bertz CT molecular complexity index is 829. The molecule has 0 bridgehead atoms. The smallest absolute Gasteiger partial charge is 0.285 e. The van der Waals surface area contributed by atoms with E-state index in [-0.39, 0.29) is 17.9 Å². The summed E-state index contributed by atoms with van der Waals surface area (Å²) in [5.41, 5.74) is 1.09. The number of methoxy groups -OCH3 is 1. The van der Waals surface area contributed by atoms with E-state index in [9.17, 15) is 4.79 Å². The fourth-order valence-corrected chi connectivity index (χ4v) is 3.63. The van der Waals surface area contributed by atoms with Crippen molar-refractivity contribution in [2.45, 2.75) is 11.6 Å². The Morgan fingerprint density at radius 2 is 1.92 bits per heavy atom. The van der Waals surface area contributed by atoms with Gasteiger partial charge in [0.05, 0.1) is 5.69 Å². The number of hydrogen-bond donors (Lipinski definition) is 1. The number of thiocarbonyl (C=S) groups is 1. The zero-order valence-corrected chi connectivity index (χ0v) is 14.3. The molecule has 1 saturated heterocycles. The number of carbonyl (C=O) groups excluding carboxylic acids is 1. The highest BCUT2D eigenvalue weighted by molar-refractivity contribution is 7.80. The minimum absolute atomic E-state index is 0.0442. The van der Waals surface area contributed by atoms with Crippen LogP contribution in [0.5, 0.6) is 0 Å². The number of amides is 1. The van der Waals surface area contributed by atoms with Crippen LogP contribution >= 0.6 is 12.2 Å². The second-order valence-corrected chi connectivity index (χ2v) is 6.15. The Morgan fingerprint density at radius 3 is 2.68 bits per heavy atom. The van der Waals surface area contributed by atoms with Gasteiger partial charge >= 0.3 is 0 Å². The van der Waals surface area contributed by atoms with Crippen molar-refractivity contribution < 1.29 is 19.1 Å². The summed E-state index contributed by atoms with van der Waals surface area (Å²) in [7, 11) is 1.50. The van der Waals surface area contributed by atoms with Crippen molar-refractivity contribution in [3.63, 3.8) is 0 Å². The van der Waals surface area contributed by atoms with Gasteiger partial charge in [-0.1, -0.05) is 48.5 Å². The first kappa shape index (κ1) is 16.0. The third kappa shape index (κ3) is 2.31. The first-order chi connectivity index (χ1) is 12.2. The predicted molar refractivity (Wildman–Crippen MR) is 94.6 cm³/mol. The number of nitrogens with one attached hydrogen (secondary N) is 1. The fourth-order valence-electron chi connectivity index (χ4n) is 3.37. The van der Waals surface area contributed by atoms with Gasteiger partial charge < -0.3 is 14.8 Å². The van der Waals surface area contributed by atoms with Gasteiger partial charge in [-0.15, -0.1) is 0 Å². The standard InChI is InChI=1S/C18H16N2O4S/c1-22-11-23-20-14-10-6-5-9-13(14)18(16(20)21)15(24-17(25)19-18)12-7-3-2-4-8-12/h2-10,15H,11H2,1H3,(H,19,25). The van der Waals surface area contributed by atoms with Gasteiger partial charge in [0.1, 0.15) is 0 Å². The van der Waals surface area contributed by atoms with Crippen molar-refractivity contribution in [3.05, 3.63) is 65.7 Å². The minimum Gasteiger partial charge on any atom is -0.459 e. The minimum atomic E-state index is -1.16. The lowest BCUT2D eigenvalue weighted by Gasteiger charge is -2.27. The number of benzene rings is 2. The third-order valence-corrected chi connectivity index (χ3v) is 4.59. The van der Waals surface area contributed by atoms with E-state index in [1.807, 2.05) is 54.6 Å². The molecule has 0 aliphatic carbocycles. The Morgan fingerprint density at radius 1 is 1.20 bits per heavy atom. The van der Waals surface area contributed by atoms with Gasteiger partial charge in [-0.05, 0) is 23.8 Å². The van der Waals surface area contributed by atoms with Crippen molar-refractivity contribution in [2.24, 2.45) is 0 Å². The average molecular weight is 356 g/mol. The molecule has 2 heterocycles. The summed E-state index contributed by atoms with van der Waals surface area (Å²) in [6, 6.07) is 17.0. The maximum atomic E-state index is 13.4. The van der Waals surface area contributed by atoms with Gasteiger partial charge in [-0.2, -0.15) is 5.06 Å². The molecule has 4 rings (SSSR count). The molecule has 1 fully saturated rings. The van der Waals surface area contributed by atoms with Gasteiger partial charge in [0, 0.05) is 12.7 Å². The Labute approximate surface area is 150 Å². The molecule has 6 nitrogen and oxygen atoms in total. The second-order valence-electron chi connectivity index (χ2n) is 5.78. The number of rotatable bonds is 4. The van der Waals surface area contributed by atoms with Crippen LogP contribution in [0.25, 0.3) is 0 Å². The van der Waals surface area contributed by atoms with Gasteiger partial charge in [0.15, 0.2) is 18.4 Å². The van der Waals surface area contributed by atoms with Gasteiger partial charge in [-0.25, -0.2) is 4.84 Å². The molecule has 0 saturated carbocycles. The summed E-state index contributed by atoms with van der Waals surface area (Å²) >= 11 is 5.24. The van der Waals surface area contributed by atoms with Crippen LogP contribution < -0.4 is 10.4 Å². The average Bonchev–Trinajstić information content (AvgIpc) is 3.11. The van der Waals surface area contributed by atoms with Crippen LogP contribution in [0, 0.1) is 0 Å². The third-order valence-electron chi connectivity index (χ3n) is 4.39. The number of nitrogens with zero attached hydrogens (tertiary/aromatic N) is 1. The molecule has 1 amide bonds. The molecule has 1 spiro atoms. The molecule has 2 aliphatic rings. The summed E-state index contributed by atoms with van der Waals surface area (Å²) in [4.78, 5) is 18.9. The Balaban J connectivity index is 1.87. The highest BCUT2D eigenvalue weighted by Gasteiger charge is 2.62. The van der Waals surface area contributed by atoms with Crippen LogP contribution in [-0.2, 0) is 24.6 Å². The van der Waals surface area contributed by atoms with Crippen LogP contribution in [0.15, 0.2) is 54.6 Å². The van der Waals surface area contributed by atoms with E-state index >= 15 is 0 Å². The first-order valence-electron chi connectivity index (χ1n) is 7.78. The Kier molecular flexibility index (Phi) is 3.91. The molecule has 2 unspecified atom stereocenters. The highest BCUT2D eigenvalue weighted by atomic mass is 32.1. The van der Waals surface area contributed by atoms with E-state index in [2.05, 4.69) is 5.32 Å². The van der Waals surface area contributed by atoms with Crippen molar-refractivity contribution in [1.82, 2.24) is 5.32 Å². The van der Waals surface area contributed by atoms with Crippen LogP contribution in [0.2, 0.25) is 0 Å². The maximum Gasteiger partial charge on any atom is 0.285 e. The fraction of sp³-hybridized carbons (Fsp3) is 0.222. The number of hydroxylamine groups is 1. The van der Waals surface area contributed by atoms with Gasteiger partial charge in [0.25, 0.3) is 11.1 Å². The largest absolute Gasteiger partial charge is 0.459 e. The molecule has 2 aliphatic heterocycles. The Hall–Kier alpha value is -2.48. The van der Waals surface area contributed by atoms with E-state index in [1.54, 1.807) is 0 Å². The molecule has 0 radical (unpaired) electrons. The van der Waals surface area contributed by atoms with Crippen LogP contribution in [-0.4, -0.2) is 25.0 Å². The SMILES string of the molecule is COCON1C(=O)C2(NC(=S)OC2c2ccccc2)c2ccccc21. The lowest BCUT2D eigenvalue weighted by molar-refractivity contribution is -0.138. The molecular weight excluding hydrogens is 340 g/mol. The number of para-hydroxylation sites is 1. The quantitative estimate of drug-likeness (QED) is 0.671. The van der Waals surface area contributed by atoms with E-state index in [0.717, 1.165) is 11.1 Å². The molecule has 1 N–H and O–H groups in total. The van der Waals surface area contributed by atoms with Gasteiger partial charge in [-0.3, -0.25) is 4.79 Å². The summed E-state index contributed by atoms with van der Waals surface area (Å²) < 4.78 is 10.8. The number of fused-ring (bicyclic) bond motifs is 2. The zero-order valence-electron chi connectivity index (χ0n) is 13.5. The summed E-state index contributed by atoms with van der Waals surface area (Å²) in [6.45, 7) is -0.0442. The van der Waals surface area contributed by atoms with Crippen LogP contribution in [0.4, 0.5) is 5.69 Å². The monoisotopic (exact) mass is 356 g/mol. The van der Waals surface area contributed by atoms with Crippen molar-refractivity contribution in [3.8, 4) is 0 Å². The molecule has 2 aromatic rings. The summed E-state index contributed by atoms with van der Waals surface area (Å²) in [6.07, 6.45) is -0.592. The highest BCUT2D eigenvalue weighted by Crippen LogP contribution is 2.51. The summed E-state index contributed by atoms with van der Waals surface area (Å²) in [5.74, 6) is -0.292. The van der Waals surface area contributed by atoms with Gasteiger partial charge in [0.2, 0.25) is 0 Å². The molecule has 25 heavy (non-hydrogen) atoms. The predicted octanol–water partition coefficient (Wildman–Crippen LogP) is 2.41. The molecule has 2 atom stereocenters. The van der Waals surface area contributed by atoms with Crippen molar-refractivity contribution in [2.75, 3.05) is 19.0 Å². The number of hydrogen-bond acceptors (Lipinski definition) is 5. The van der Waals surface area contributed by atoms with E-state index < -0.39 is 11.6 Å². The molecule has 2 aromatic carbocycles. The molecule has 7 heteroatoms. The number of anilines is 1. The topological polar surface area (TPSA) is 60.0 Å². The van der Waals surface area contributed by atoms with E-state index in [0.29, 0.717) is 5.69 Å². The van der Waals surface area contributed by atoms with Crippen molar-refractivity contribution >= 4 is 29.0 Å². The zero-order chi connectivity index (χ0) is 17.4. The molecular formula is C18H16N2O4S. The molecule has 128 valence electrons. The lowest BCUT2D eigenvalue weighted by Crippen LogP contribution is -2.50. The lowest BCUT2D eigenvalue weighted by atomic mass is 9.83.